The normalized spacial score (nSPS) is 36.9. The van der Waals surface area contributed by atoms with Crippen molar-refractivity contribution in [1.29, 1.82) is 0 Å². The molecule has 0 radical (unpaired) electrons. The van der Waals surface area contributed by atoms with Gasteiger partial charge in [-0.15, -0.1) is 0 Å². The van der Waals surface area contributed by atoms with Crippen molar-refractivity contribution >= 4 is 0 Å². The van der Waals surface area contributed by atoms with Crippen molar-refractivity contribution in [1.82, 2.24) is 0 Å². The first-order chi connectivity index (χ1) is 9.68. The van der Waals surface area contributed by atoms with Crippen molar-refractivity contribution < 1.29 is 5.11 Å². The summed E-state index contributed by atoms with van der Waals surface area (Å²) in [5, 5.41) is 11.6. The lowest BCUT2D eigenvalue weighted by atomic mass is 9.57. The van der Waals surface area contributed by atoms with E-state index in [0.29, 0.717) is 12.5 Å². The first-order valence-corrected chi connectivity index (χ1v) is 8.19. The maximum atomic E-state index is 11.6. The van der Waals surface area contributed by atoms with Crippen LogP contribution in [0.5, 0.6) is 0 Å². The van der Waals surface area contributed by atoms with Crippen LogP contribution in [0.2, 0.25) is 0 Å². The first-order valence-electron chi connectivity index (χ1n) is 8.19. The summed E-state index contributed by atoms with van der Waals surface area (Å²) in [7, 11) is 0. The molecule has 110 valence electrons. The highest BCUT2D eigenvalue weighted by molar-refractivity contribution is 5.43. The Labute approximate surface area is 122 Å². The monoisotopic (exact) mass is 273 g/mol. The molecule has 0 bridgehead atoms. The van der Waals surface area contributed by atoms with Crippen LogP contribution in [-0.2, 0) is 11.8 Å². The van der Waals surface area contributed by atoms with Crippen LogP contribution in [0.15, 0.2) is 24.3 Å². The molecule has 2 aliphatic carbocycles. The Bertz CT molecular complexity index is 486. The zero-order chi connectivity index (χ0) is 14.2. The molecule has 3 N–H and O–H groups in total. The van der Waals surface area contributed by atoms with Gasteiger partial charge in [0.2, 0.25) is 0 Å². The van der Waals surface area contributed by atoms with Gasteiger partial charge in [-0.25, -0.2) is 0 Å². The van der Waals surface area contributed by atoms with E-state index in [-0.39, 0.29) is 5.41 Å². The number of hydrogen-bond acceptors (Lipinski definition) is 2. The minimum absolute atomic E-state index is 0.218. The fourth-order valence-corrected chi connectivity index (χ4v) is 4.93. The Morgan fingerprint density at radius 3 is 2.80 bits per heavy atom. The van der Waals surface area contributed by atoms with Crippen LogP contribution in [0.1, 0.15) is 56.6 Å². The Morgan fingerprint density at radius 2 is 2.05 bits per heavy atom. The lowest BCUT2D eigenvalue weighted by Gasteiger charge is -2.52. The van der Waals surface area contributed by atoms with Gasteiger partial charge in [0.25, 0.3) is 0 Å². The number of nitrogens with two attached hydrogens (primary N) is 1. The molecule has 0 saturated heterocycles. The molecule has 3 unspecified atom stereocenters. The fraction of sp³-hybridized carbons (Fsp3) is 0.667. The maximum absolute atomic E-state index is 11.6. The fourth-order valence-electron chi connectivity index (χ4n) is 4.93. The van der Waals surface area contributed by atoms with E-state index in [4.69, 9.17) is 5.73 Å². The van der Waals surface area contributed by atoms with Crippen molar-refractivity contribution in [3.8, 4) is 0 Å². The minimum atomic E-state index is -0.610. The van der Waals surface area contributed by atoms with E-state index in [1.165, 1.54) is 17.5 Å². The number of fused-ring (bicyclic) bond motifs is 1. The standard InChI is InChI=1S/C18H27NO/c1-2-15-8-5-6-11-18(15,20)17(13-19)12-10-14-7-3-4-9-16(14)17/h3-4,7,9,15,20H,2,5-6,8,10-13,19H2,1H3. The summed E-state index contributed by atoms with van der Waals surface area (Å²) >= 11 is 0. The van der Waals surface area contributed by atoms with E-state index in [9.17, 15) is 5.11 Å². The third-order valence-corrected chi connectivity index (χ3v) is 6.06. The summed E-state index contributed by atoms with van der Waals surface area (Å²) in [6.07, 6.45) is 7.58. The summed E-state index contributed by atoms with van der Waals surface area (Å²) in [6, 6.07) is 8.61. The second-order valence-corrected chi connectivity index (χ2v) is 6.72. The minimum Gasteiger partial charge on any atom is -0.389 e. The summed E-state index contributed by atoms with van der Waals surface area (Å²) in [6.45, 7) is 2.78. The van der Waals surface area contributed by atoms with Crippen molar-refractivity contribution in [3.05, 3.63) is 35.4 Å². The van der Waals surface area contributed by atoms with Crippen LogP contribution in [0.4, 0.5) is 0 Å². The van der Waals surface area contributed by atoms with Crippen molar-refractivity contribution in [2.45, 2.75) is 62.9 Å². The highest BCUT2D eigenvalue weighted by atomic mass is 16.3. The van der Waals surface area contributed by atoms with Gasteiger partial charge in [-0.05, 0) is 42.7 Å². The van der Waals surface area contributed by atoms with Crippen LogP contribution in [0.3, 0.4) is 0 Å². The van der Waals surface area contributed by atoms with Gasteiger partial charge in [0.15, 0.2) is 0 Å². The van der Waals surface area contributed by atoms with Gasteiger partial charge < -0.3 is 10.8 Å². The molecule has 3 atom stereocenters. The quantitative estimate of drug-likeness (QED) is 0.888. The number of benzene rings is 1. The van der Waals surface area contributed by atoms with Gasteiger partial charge in [0.05, 0.1) is 5.60 Å². The highest BCUT2D eigenvalue weighted by Crippen LogP contribution is 2.54. The molecule has 0 amide bonds. The summed E-state index contributed by atoms with van der Waals surface area (Å²) in [4.78, 5) is 0. The number of aryl methyl sites for hydroxylation is 1. The molecular weight excluding hydrogens is 246 g/mol. The molecule has 20 heavy (non-hydrogen) atoms. The zero-order valence-corrected chi connectivity index (χ0v) is 12.6. The van der Waals surface area contributed by atoms with E-state index in [0.717, 1.165) is 38.5 Å². The third kappa shape index (κ3) is 1.78. The van der Waals surface area contributed by atoms with Crippen LogP contribution in [0, 0.1) is 5.92 Å². The first kappa shape index (κ1) is 14.1. The van der Waals surface area contributed by atoms with Crippen LogP contribution < -0.4 is 5.73 Å². The van der Waals surface area contributed by atoms with Gasteiger partial charge >= 0.3 is 0 Å². The second-order valence-electron chi connectivity index (χ2n) is 6.72. The topological polar surface area (TPSA) is 46.2 Å². The molecule has 2 aliphatic rings. The van der Waals surface area contributed by atoms with E-state index in [2.05, 4.69) is 31.2 Å². The Kier molecular flexibility index (Phi) is 3.64. The number of aliphatic hydroxyl groups is 1. The Hall–Kier alpha value is -0.860. The predicted molar refractivity (Wildman–Crippen MR) is 82.7 cm³/mol. The SMILES string of the molecule is CCC1CCCCC1(O)C1(CN)CCc2ccccc21. The number of hydrogen-bond donors (Lipinski definition) is 2. The highest BCUT2D eigenvalue weighted by Gasteiger charge is 2.56. The summed E-state index contributed by atoms with van der Waals surface area (Å²) in [5.74, 6) is 0.394. The van der Waals surface area contributed by atoms with Crippen LogP contribution >= 0.6 is 0 Å². The summed E-state index contributed by atoms with van der Waals surface area (Å²) < 4.78 is 0. The molecule has 1 aromatic rings. The maximum Gasteiger partial charge on any atom is 0.0784 e. The van der Waals surface area contributed by atoms with Gasteiger partial charge in [0, 0.05) is 12.0 Å². The van der Waals surface area contributed by atoms with Gasteiger partial charge in [-0.2, -0.15) is 0 Å². The van der Waals surface area contributed by atoms with Gasteiger partial charge in [-0.1, -0.05) is 50.5 Å². The Balaban J connectivity index is 2.09. The lowest BCUT2D eigenvalue weighted by molar-refractivity contribution is -0.110. The third-order valence-electron chi connectivity index (χ3n) is 6.06. The van der Waals surface area contributed by atoms with Crippen molar-refractivity contribution in [2.75, 3.05) is 6.54 Å². The number of rotatable bonds is 3. The van der Waals surface area contributed by atoms with Crippen molar-refractivity contribution in [3.63, 3.8) is 0 Å². The lowest BCUT2D eigenvalue weighted by Crippen LogP contribution is -2.60. The smallest absolute Gasteiger partial charge is 0.0784 e. The second kappa shape index (κ2) is 5.16. The van der Waals surface area contributed by atoms with E-state index >= 15 is 0 Å². The molecule has 1 aromatic carbocycles. The molecule has 3 rings (SSSR count). The molecule has 0 spiro atoms. The summed E-state index contributed by atoms with van der Waals surface area (Å²) in [5.41, 5.74) is 8.15. The molecule has 1 saturated carbocycles. The average Bonchev–Trinajstić information content (AvgIpc) is 2.88. The largest absolute Gasteiger partial charge is 0.389 e. The molecule has 2 heteroatoms. The average molecular weight is 273 g/mol. The van der Waals surface area contributed by atoms with Gasteiger partial charge in [0.1, 0.15) is 0 Å². The molecule has 1 fully saturated rings. The predicted octanol–water partition coefficient (Wildman–Crippen LogP) is 3.16. The van der Waals surface area contributed by atoms with Crippen molar-refractivity contribution in [2.24, 2.45) is 11.7 Å². The van der Waals surface area contributed by atoms with E-state index in [1.807, 2.05) is 0 Å². The molecule has 0 aromatic heterocycles. The van der Waals surface area contributed by atoms with E-state index < -0.39 is 5.60 Å². The van der Waals surface area contributed by atoms with E-state index in [1.54, 1.807) is 0 Å². The van der Waals surface area contributed by atoms with Gasteiger partial charge in [-0.3, -0.25) is 0 Å². The van der Waals surface area contributed by atoms with Crippen LogP contribution in [-0.4, -0.2) is 17.3 Å². The molecule has 0 heterocycles. The molecule has 0 aliphatic heterocycles. The molecule has 2 nitrogen and oxygen atoms in total. The van der Waals surface area contributed by atoms with Crippen LogP contribution in [0.25, 0.3) is 0 Å². The Morgan fingerprint density at radius 1 is 1.25 bits per heavy atom. The zero-order valence-electron chi connectivity index (χ0n) is 12.6. The molecular formula is C18H27NO.